The van der Waals surface area contributed by atoms with Gasteiger partial charge in [-0.1, -0.05) is 0 Å². The standard InChI is InChI=1S/C11H22N2O2/c1-3-12(2)11(15)6-8-13-7-4-5-10(14)9-13/h10,14H,3-9H2,1-2H3. The van der Waals surface area contributed by atoms with Crippen LogP contribution in [0.1, 0.15) is 26.2 Å². The topological polar surface area (TPSA) is 43.8 Å². The summed E-state index contributed by atoms with van der Waals surface area (Å²) in [5.41, 5.74) is 0. The van der Waals surface area contributed by atoms with Crippen molar-refractivity contribution in [2.45, 2.75) is 32.3 Å². The molecule has 0 spiro atoms. The molecule has 1 saturated heterocycles. The highest BCUT2D eigenvalue weighted by atomic mass is 16.3. The lowest BCUT2D eigenvalue weighted by Gasteiger charge is -2.30. The maximum absolute atomic E-state index is 11.5. The molecule has 1 unspecified atom stereocenters. The maximum Gasteiger partial charge on any atom is 0.223 e. The smallest absolute Gasteiger partial charge is 0.223 e. The Balaban J connectivity index is 2.21. The molecule has 88 valence electrons. The average Bonchev–Trinajstić information content (AvgIpc) is 2.25. The Morgan fingerprint density at radius 3 is 2.93 bits per heavy atom. The SMILES string of the molecule is CCN(C)C(=O)CCN1CCCC(O)C1. The number of carbonyl (C=O) groups excluding carboxylic acids is 1. The number of hydrogen-bond acceptors (Lipinski definition) is 3. The van der Waals surface area contributed by atoms with Crippen LogP contribution in [-0.2, 0) is 4.79 Å². The first kappa shape index (κ1) is 12.5. The first-order valence-corrected chi connectivity index (χ1v) is 5.78. The summed E-state index contributed by atoms with van der Waals surface area (Å²) in [5, 5.41) is 9.46. The van der Waals surface area contributed by atoms with E-state index in [-0.39, 0.29) is 12.0 Å². The largest absolute Gasteiger partial charge is 0.392 e. The highest BCUT2D eigenvalue weighted by molar-refractivity contribution is 5.75. The summed E-state index contributed by atoms with van der Waals surface area (Å²) in [7, 11) is 1.83. The van der Waals surface area contributed by atoms with Crippen molar-refractivity contribution in [3.63, 3.8) is 0 Å². The van der Waals surface area contributed by atoms with E-state index in [1.54, 1.807) is 4.90 Å². The predicted molar refractivity (Wildman–Crippen MR) is 59.6 cm³/mol. The molecule has 1 fully saturated rings. The summed E-state index contributed by atoms with van der Waals surface area (Å²) in [6.45, 7) is 5.26. The van der Waals surface area contributed by atoms with Crippen molar-refractivity contribution in [2.24, 2.45) is 0 Å². The summed E-state index contributed by atoms with van der Waals surface area (Å²) in [5.74, 6) is 0.192. The van der Waals surface area contributed by atoms with Crippen LogP contribution < -0.4 is 0 Å². The van der Waals surface area contributed by atoms with Gasteiger partial charge < -0.3 is 14.9 Å². The second-order valence-corrected chi connectivity index (χ2v) is 4.25. The second kappa shape index (κ2) is 6.08. The van der Waals surface area contributed by atoms with Gasteiger partial charge in [0.05, 0.1) is 6.10 Å². The number of carbonyl (C=O) groups is 1. The summed E-state index contributed by atoms with van der Waals surface area (Å²) in [6.07, 6.45) is 2.31. The van der Waals surface area contributed by atoms with Gasteiger partial charge in [-0.15, -0.1) is 0 Å². The van der Waals surface area contributed by atoms with Crippen LogP contribution in [0.4, 0.5) is 0 Å². The number of likely N-dealkylation sites (tertiary alicyclic amines) is 1. The number of amides is 1. The highest BCUT2D eigenvalue weighted by Gasteiger charge is 2.18. The molecular weight excluding hydrogens is 192 g/mol. The van der Waals surface area contributed by atoms with E-state index in [0.717, 1.165) is 39.0 Å². The fourth-order valence-corrected chi connectivity index (χ4v) is 1.86. The van der Waals surface area contributed by atoms with E-state index in [9.17, 15) is 9.90 Å². The fourth-order valence-electron chi connectivity index (χ4n) is 1.86. The van der Waals surface area contributed by atoms with Crippen LogP contribution in [0.5, 0.6) is 0 Å². The molecule has 1 aliphatic heterocycles. The normalized spacial score (nSPS) is 22.7. The molecule has 4 nitrogen and oxygen atoms in total. The van der Waals surface area contributed by atoms with Crippen LogP contribution in [0.15, 0.2) is 0 Å². The van der Waals surface area contributed by atoms with E-state index < -0.39 is 0 Å². The quantitative estimate of drug-likeness (QED) is 0.732. The van der Waals surface area contributed by atoms with Crippen molar-refractivity contribution in [3.05, 3.63) is 0 Å². The number of nitrogens with zero attached hydrogens (tertiary/aromatic N) is 2. The number of β-amino-alcohol motifs (C(OH)–C–C–N with tert-alkyl or cyclic N) is 1. The number of hydrogen-bond donors (Lipinski definition) is 1. The van der Waals surface area contributed by atoms with Gasteiger partial charge >= 0.3 is 0 Å². The average molecular weight is 214 g/mol. The van der Waals surface area contributed by atoms with E-state index in [4.69, 9.17) is 0 Å². The van der Waals surface area contributed by atoms with Crippen molar-refractivity contribution >= 4 is 5.91 Å². The number of aliphatic hydroxyl groups is 1. The van der Waals surface area contributed by atoms with Crippen LogP contribution in [0.3, 0.4) is 0 Å². The van der Waals surface area contributed by atoms with E-state index in [0.29, 0.717) is 6.42 Å². The van der Waals surface area contributed by atoms with Crippen molar-refractivity contribution in [3.8, 4) is 0 Å². The zero-order valence-electron chi connectivity index (χ0n) is 9.78. The van der Waals surface area contributed by atoms with Gasteiger partial charge in [-0.2, -0.15) is 0 Å². The minimum Gasteiger partial charge on any atom is -0.392 e. The molecule has 1 N–H and O–H groups in total. The van der Waals surface area contributed by atoms with Crippen LogP contribution in [-0.4, -0.2) is 60.1 Å². The van der Waals surface area contributed by atoms with Crippen LogP contribution in [0, 0.1) is 0 Å². The summed E-state index contributed by atoms with van der Waals surface area (Å²) in [4.78, 5) is 15.4. The number of piperidine rings is 1. The van der Waals surface area contributed by atoms with Crippen LogP contribution in [0.25, 0.3) is 0 Å². The summed E-state index contributed by atoms with van der Waals surface area (Å²) >= 11 is 0. The van der Waals surface area contributed by atoms with Crippen LogP contribution >= 0.6 is 0 Å². The van der Waals surface area contributed by atoms with Crippen molar-refractivity contribution in [1.29, 1.82) is 0 Å². The third kappa shape index (κ3) is 4.18. The lowest BCUT2D eigenvalue weighted by molar-refractivity contribution is -0.130. The van der Waals surface area contributed by atoms with E-state index >= 15 is 0 Å². The van der Waals surface area contributed by atoms with Gasteiger partial charge in [-0.25, -0.2) is 0 Å². The number of rotatable bonds is 4. The molecular formula is C11H22N2O2. The third-order valence-electron chi connectivity index (χ3n) is 3.02. The first-order chi connectivity index (χ1) is 7.13. The molecule has 1 aliphatic rings. The molecule has 0 saturated carbocycles. The molecule has 15 heavy (non-hydrogen) atoms. The lowest BCUT2D eigenvalue weighted by atomic mass is 10.1. The van der Waals surface area contributed by atoms with E-state index in [1.165, 1.54) is 0 Å². The highest BCUT2D eigenvalue weighted by Crippen LogP contribution is 2.10. The molecule has 0 bridgehead atoms. The molecule has 1 atom stereocenters. The van der Waals surface area contributed by atoms with Gasteiger partial charge in [0.15, 0.2) is 0 Å². The molecule has 0 radical (unpaired) electrons. The Labute approximate surface area is 91.9 Å². The Morgan fingerprint density at radius 2 is 2.33 bits per heavy atom. The van der Waals surface area contributed by atoms with Crippen molar-refractivity contribution < 1.29 is 9.90 Å². The third-order valence-corrected chi connectivity index (χ3v) is 3.02. The summed E-state index contributed by atoms with van der Waals surface area (Å²) < 4.78 is 0. The van der Waals surface area contributed by atoms with Gasteiger partial charge in [-0.05, 0) is 26.3 Å². The minimum absolute atomic E-state index is 0.192. The molecule has 0 aromatic carbocycles. The Hall–Kier alpha value is -0.610. The van der Waals surface area contributed by atoms with Gasteiger partial charge in [-0.3, -0.25) is 4.79 Å². The lowest BCUT2D eigenvalue weighted by Crippen LogP contribution is -2.40. The molecule has 1 heterocycles. The maximum atomic E-state index is 11.5. The molecule has 0 aromatic heterocycles. The van der Waals surface area contributed by atoms with Crippen molar-refractivity contribution in [2.75, 3.05) is 33.2 Å². The molecule has 1 amide bonds. The van der Waals surface area contributed by atoms with Gasteiger partial charge in [0.25, 0.3) is 0 Å². The number of aliphatic hydroxyl groups excluding tert-OH is 1. The Morgan fingerprint density at radius 1 is 1.60 bits per heavy atom. The zero-order valence-corrected chi connectivity index (χ0v) is 9.78. The van der Waals surface area contributed by atoms with Crippen molar-refractivity contribution in [1.82, 2.24) is 9.80 Å². The predicted octanol–water partition coefficient (Wildman–Crippen LogP) is 0.311. The second-order valence-electron chi connectivity index (χ2n) is 4.25. The zero-order chi connectivity index (χ0) is 11.3. The first-order valence-electron chi connectivity index (χ1n) is 5.78. The molecule has 1 rings (SSSR count). The molecule has 0 aromatic rings. The van der Waals surface area contributed by atoms with E-state index in [2.05, 4.69) is 4.90 Å². The monoisotopic (exact) mass is 214 g/mol. The van der Waals surface area contributed by atoms with Gasteiger partial charge in [0, 0.05) is 33.1 Å². The van der Waals surface area contributed by atoms with Gasteiger partial charge in [0.1, 0.15) is 0 Å². The van der Waals surface area contributed by atoms with Gasteiger partial charge in [0.2, 0.25) is 5.91 Å². The Bertz CT molecular complexity index is 209. The molecule has 4 heteroatoms. The molecule has 0 aliphatic carbocycles. The minimum atomic E-state index is -0.197. The van der Waals surface area contributed by atoms with E-state index in [1.807, 2.05) is 14.0 Å². The Kier molecular flexibility index (Phi) is 5.05. The van der Waals surface area contributed by atoms with Crippen LogP contribution in [0.2, 0.25) is 0 Å². The summed E-state index contributed by atoms with van der Waals surface area (Å²) in [6, 6.07) is 0. The fraction of sp³-hybridized carbons (Fsp3) is 0.909.